The molecule has 5 heteroatoms. The summed E-state index contributed by atoms with van der Waals surface area (Å²) in [5.41, 5.74) is 7.45. The van der Waals surface area contributed by atoms with E-state index in [1.165, 1.54) is 18.2 Å². The molecule has 0 unspecified atom stereocenters. The summed E-state index contributed by atoms with van der Waals surface area (Å²) in [5, 5.41) is 2.51. The highest BCUT2D eigenvalue weighted by atomic mass is 19.1. The molecule has 1 aromatic carbocycles. The zero-order valence-corrected chi connectivity index (χ0v) is 10.2. The largest absolute Gasteiger partial charge is 0.399 e. The minimum atomic E-state index is -0.511. The number of amides is 1. The molecule has 0 atom stereocenters. The molecule has 94 valence electrons. The quantitative estimate of drug-likeness (QED) is 0.800. The molecule has 0 saturated heterocycles. The second kappa shape index (κ2) is 4.52. The summed E-state index contributed by atoms with van der Waals surface area (Å²) in [7, 11) is 1.78. The smallest absolute Gasteiger partial charge is 0.272 e. The molecule has 0 saturated carbocycles. The lowest BCUT2D eigenvalue weighted by Gasteiger charge is -2.08. The second-order valence-corrected chi connectivity index (χ2v) is 4.11. The molecule has 0 aliphatic carbocycles. The van der Waals surface area contributed by atoms with Gasteiger partial charge in [0.2, 0.25) is 0 Å². The Bertz CT molecular complexity index is 604. The number of benzene rings is 1. The Kier molecular flexibility index (Phi) is 3.06. The first-order chi connectivity index (χ1) is 8.49. The van der Waals surface area contributed by atoms with Crippen LogP contribution in [0.15, 0.2) is 30.3 Å². The van der Waals surface area contributed by atoms with Crippen molar-refractivity contribution in [1.82, 2.24) is 4.57 Å². The van der Waals surface area contributed by atoms with Crippen molar-refractivity contribution in [3.63, 3.8) is 0 Å². The molecule has 2 aromatic rings. The topological polar surface area (TPSA) is 60.1 Å². The highest BCUT2D eigenvalue weighted by Gasteiger charge is 2.13. The molecule has 0 spiro atoms. The van der Waals surface area contributed by atoms with E-state index in [4.69, 9.17) is 5.73 Å². The molecule has 0 radical (unpaired) electrons. The monoisotopic (exact) mass is 247 g/mol. The number of hydrogen-bond acceptors (Lipinski definition) is 2. The van der Waals surface area contributed by atoms with Crippen LogP contribution in [-0.4, -0.2) is 10.5 Å². The molecular formula is C13H14FN3O. The maximum absolute atomic E-state index is 13.5. The highest BCUT2D eigenvalue weighted by molar-refractivity contribution is 6.03. The number of carbonyl (C=O) groups excluding carboxylic acids is 1. The third-order valence-electron chi connectivity index (χ3n) is 2.84. The molecule has 1 aromatic heterocycles. The van der Waals surface area contributed by atoms with Crippen molar-refractivity contribution in [2.75, 3.05) is 11.1 Å². The van der Waals surface area contributed by atoms with Gasteiger partial charge < -0.3 is 15.6 Å². The van der Waals surface area contributed by atoms with E-state index in [0.29, 0.717) is 11.4 Å². The van der Waals surface area contributed by atoms with Crippen LogP contribution < -0.4 is 11.1 Å². The number of halogens is 1. The van der Waals surface area contributed by atoms with Gasteiger partial charge in [-0.2, -0.15) is 0 Å². The predicted octanol–water partition coefficient (Wildman–Crippen LogP) is 2.31. The lowest BCUT2D eigenvalue weighted by atomic mass is 10.2. The van der Waals surface area contributed by atoms with E-state index in [1.54, 1.807) is 17.7 Å². The average Bonchev–Trinajstić information content (AvgIpc) is 2.65. The van der Waals surface area contributed by atoms with E-state index in [2.05, 4.69) is 5.32 Å². The van der Waals surface area contributed by atoms with Gasteiger partial charge in [-0.3, -0.25) is 4.79 Å². The minimum absolute atomic E-state index is 0.0823. The van der Waals surface area contributed by atoms with E-state index in [-0.39, 0.29) is 11.6 Å². The molecule has 2 rings (SSSR count). The number of carbonyl (C=O) groups is 1. The van der Waals surface area contributed by atoms with Crippen molar-refractivity contribution in [1.29, 1.82) is 0 Å². The van der Waals surface area contributed by atoms with Crippen molar-refractivity contribution < 1.29 is 9.18 Å². The van der Waals surface area contributed by atoms with Gasteiger partial charge in [0.25, 0.3) is 5.91 Å². The van der Waals surface area contributed by atoms with Crippen LogP contribution in [0.25, 0.3) is 0 Å². The van der Waals surface area contributed by atoms with Crippen LogP contribution in [0.2, 0.25) is 0 Å². The third-order valence-corrected chi connectivity index (χ3v) is 2.84. The number of nitrogens with zero attached hydrogens (tertiary/aromatic N) is 1. The summed E-state index contributed by atoms with van der Waals surface area (Å²) in [6.07, 6.45) is 0. The van der Waals surface area contributed by atoms with E-state index >= 15 is 0 Å². The maximum Gasteiger partial charge on any atom is 0.272 e. The van der Waals surface area contributed by atoms with Crippen LogP contribution >= 0.6 is 0 Å². The van der Waals surface area contributed by atoms with Gasteiger partial charge in [-0.05, 0) is 37.3 Å². The van der Waals surface area contributed by atoms with Crippen LogP contribution in [0.3, 0.4) is 0 Å². The minimum Gasteiger partial charge on any atom is -0.399 e. The summed E-state index contributed by atoms with van der Waals surface area (Å²) in [4.78, 5) is 12.0. The van der Waals surface area contributed by atoms with E-state index in [0.717, 1.165) is 5.69 Å². The number of anilines is 2. The lowest BCUT2D eigenvalue weighted by Crippen LogP contribution is -2.17. The molecule has 1 heterocycles. The fourth-order valence-electron chi connectivity index (χ4n) is 1.67. The van der Waals surface area contributed by atoms with E-state index in [9.17, 15) is 9.18 Å². The molecule has 0 aliphatic rings. The number of hydrogen-bond donors (Lipinski definition) is 2. The van der Waals surface area contributed by atoms with Gasteiger partial charge in [0.15, 0.2) is 0 Å². The Morgan fingerprint density at radius 3 is 2.67 bits per heavy atom. The molecule has 0 fully saturated rings. The van der Waals surface area contributed by atoms with Gasteiger partial charge in [-0.25, -0.2) is 4.39 Å². The Hall–Kier alpha value is -2.30. The first-order valence-electron chi connectivity index (χ1n) is 5.47. The first kappa shape index (κ1) is 12.2. The van der Waals surface area contributed by atoms with Crippen LogP contribution in [0, 0.1) is 12.7 Å². The third kappa shape index (κ3) is 2.20. The molecule has 18 heavy (non-hydrogen) atoms. The normalized spacial score (nSPS) is 10.4. The molecular weight excluding hydrogens is 233 g/mol. The van der Waals surface area contributed by atoms with Crippen LogP contribution in [0.5, 0.6) is 0 Å². The number of aromatic nitrogens is 1. The van der Waals surface area contributed by atoms with Crippen LogP contribution in [0.4, 0.5) is 15.8 Å². The molecule has 0 aliphatic heterocycles. The zero-order chi connectivity index (χ0) is 13.3. The standard InChI is InChI=1S/C13H14FN3O/c1-8-3-6-12(17(8)2)13(18)16-11-7-9(15)4-5-10(11)14/h3-7H,15H2,1-2H3,(H,16,18). The SMILES string of the molecule is Cc1ccc(C(=O)Nc2cc(N)ccc2F)n1C. The van der Waals surface area contributed by atoms with Crippen molar-refractivity contribution in [2.24, 2.45) is 7.05 Å². The zero-order valence-electron chi connectivity index (χ0n) is 10.2. The van der Waals surface area contributed by atoms with Gasteiger partial charge in [-0.1, -0.05) is 0 Å². The molecule has 1 amide bonds. The van der Waals surface area contributed by atoms with Gasteiger partial charge in [0, 0.05) is 18.4 Å². The van der Waals surface area contributed by atoms with E-state index < -0.39 is 5.82 Å². The van der Waals surface area contributed by atoms with Gasteiger partial charge in [-0.15, -0.1) is 0 Å². The summed E-state index contributed by atoms with van der Waals surface area (Å²) in [6, 6.07) is 7.57. The van der Waals surface area contributed by atoms with Crippen molar-refractivity contribution in [3.05, 3.63) is 47.5 Å². The van der Waals surface area contributed by atoms with Gasteiger partial charge in [0.1, 0.15) is 11.5 Å². The van der Waals surface area contributed by atoms with Crippen molar-refractivity contribution in [3.8, 4) is 0 Å². The number of aryl methyl sites for hydroxylation is 1. The fraction of sp³-hybridized carbons (Fsp3) is 0.154. The second-order valence-electron chi connectivity index (χ2n) is 4.11. The number of nitrogen functional groups attached to an aromatic ring is 1. The predicted molar refractivity (Wildman–Crippen MR) is 68.9 cm³/mol. The Labute approximate surface area is 104 Å². The first-order valence-corrected chi connectivity index (χ1v) is 5.47. The number of rotatable bonds is 2. The van der Waals surface area contributed by atoms with Gasteiger partial charge in [0.05, 0.1) is 5.69 Å². The van der Waals surface area contributed by atoms with Crippen LogP contribution in [-0.2, 0) is 7.05 Å². The van der Waals surface area contributed by atoms with Crippen molar-refractivity contribution >= 4 is 17.3 Å². The average molecular weight is 247 g/mol. The highest BCUT2D eigenvalue weighted by Crippen LogP contribution is 2.18. The summed E-state index contributed by atoms with van der Waals surface area (Å²) in [6.45, 7) is 1.89. The Morgan fingerprint density at radius 2 is 2.06 bits per heavy atom. The van der Waals surface area contributed by atoms with Gasteiger partial charge >= 0.3 is 0 Å². The number of nitrogens with one attached hydrogen (secondary N) is 1. The Balaban J connectivity index is 2.27. The van der Waals surface area contributed by atoms with Crippen molar-refractivity contribution in [2.45, 2.75) is 6.92 Å². The summed E-state index contributed by atoms with van der Waals surface area (Å²) >= 11 is 0. The fourth-order valence-corrected chi connectivity index (χ4v) is 1.67. The molecule has 4 nitrogen and oxygen atoms in total. The molecule has 3 N–H and O–H groups in total. The summed E-state index contributed by atoms with van der Waals surface area (Å²) in [5.74, 6) is -0.876. The van der Waals surface area contributed by atoms with E-state index in [1.807, 2.05) is 13.0 Å². The summed E-state index contributed by atoms with van der Waals surface area (Å²) < 4.78 is 15.2. The molecule has 0 bridgehead atoms. The number of nitrogens with two attached hydrogens (primary N) is 1. The Morgan fingerprint density at radius 1 is 1.33 bits per heavy atom. The maximum atomic E-state index is 13.5. The lowest BCUT2D eigenvalue weighted by molar-refractivity contribution is 0.101. The van der Waals surface area contributed by atoms with Crippen LogP contribution in [0.1, 0.15) is 16.2 Å².